The Kier molecular flexibility index (Phi) is 6.76. The molecule has 0 radical (unpaired) electrons. The zero-order valence-electron chi connectivity index (χ0n) is 16.4. The van der Waals surface area contributed by atoms with Crippen LogP contribution in [-0.4, -0.2) is 62.4 Å². The smallest absolute Gasteiger partial charge is 0.290 e. The lowest BCUT2D eigenvalue weighted by molar-refractivity contribution is -0.122. The first-order valence-electron chi connectivity index (χ1n) is 9.40. The lowest BCUT2D eigenvalue weighted by atomic mass is 10.0. The van der Waals surface area contributed by atoms with Crippen molar-refractivity contribution in [3.63, 3.8) is 0 Å². The van der Waals surface area contributed by atoms with E-state index >= 15 is 0 Å². The molecule has 8 nitrogen and oxygen atoms in total. The van der Waals surface area contributed by atoms with Crippen LogP contribution in [0.1, 0.15) is 12.5 Å². The molecule has 1 aliphatic rings. The maximum absolute atomic E-state index is 13.4. The molecular formula is C21H23FN4O4. The van der Waals surface area contributed by atoms with E-state index in [0.29, 0.717) is 17.0 Å². The van der Waals surface area contributed by atoms with Gasteiger partial charge in [-0.2, -0.15) is 0 Å². The first-order chi connectivity index (χ1) is 14.5. The van der Waals surface area contributed by atoms with Gasteiger partial charge in [-0.05, 0) is 49.9 Å². The highest BCUT2D eigenvalue weighted by Gasteiger charge is 2.32. The minimum atomic E-state index is -0.319. The first-order valence-corrected chi connectivity index (χ1v) is 9.40. The molecule has 9 heteroatoms. The Bertz CT molecular complexity index is 1050. The summed E-state index contributed by atoms with van der Waals surface area (Å²) < 4.78 is 15.4. The SMILES string of the molecule is CN1C[C@H](n2cnc(-c3ccc(F)cc3)c2-c2ccc[nH]c2=O)C[C@H]1CO.O=CO. The predicted molar refractivity (Wildman–Crippen MR) is 110 cm³/mol. The average Bonchev–Trinajstić information content (AvgIpc) is 3.33. The number of H-pyrrole nitrogens is 1. The summed E-state index contributed by atoms with van der Waals surface area (Å²) in [6, 6.07) is 9.81. The van der Waals surface area contributed by atoms with Crippen LogP contribution in [0.5, 0.6) is 0 Å². The number of benzene rings is 1. The van der Waals surface area contributed by atoms with Crippen LogP contribution in [0.4, 0.5) is 4.39 Å². The van der Waals surface area contributed by atoms with E-state index in [1.54, 1.807) is 36.8 Å². The molecule has 1 aromatic carbocycles. The van der Waals surface area contributed by atoms with E-state index in [-0.39, 0.29) is 36.5 Å². The van der Waals surface area contributed by atoms with E-state index in [9.17, 15) is 14.3 Å². The van der Waals surface area contributed by atoms with E-state index in [1.807, 2.05) is 11.6 Å². The third-order valence-electron chi connectivity index (χ3n) is 5.26. The zero-order chi connectivity index (χ0) is 21.7. The molecule has 3 N–H and O–H groups in total. The highest BCUT2D eigenvalue weighted by Crippen LogP contribution is 2.35. The van der Waals surface area contributed by atoms with Gasteiger partial charge in [-0.3, -0.25) is 14.5 Å². The number of nitrogens with one attached hydrogen (secondary N) is 1. The van der Waals surface area contributed by atoms with Gasteiger partial charge in [0.1, 0.15) is 5.82 Å². The number of aromatic amines is 1. The van der Waals surface area contributed by atoms with Crippen LogP contribution in [0.3, 0.4) is 0 Å². The Morgan fingerprint density at radius 1 is 1.30 bits per heavy atom. The Morgan fingerprint density at radius 3 is 2.60 bits per heavy atom. The van der Waals surface area contributed by atoms with Gasteiger partial charge in [-0.15, -0.1) is 0 Å². The van der Waals surface area contributed by atoms with E-state index in [1.165, 1.54) is 12.1 Å². The summed E-state index contributed by atoms with van der Waals surface area (Å²) in [5.41, 5.74) is 2.41. The molecule has 1 saturated heterocycles. The van der Waals surface area contributed by atoms with Crippen LogP contribution < -0.4 is 5.56 Å². The largest absolute Gasteiger partial charge is 0.483 e. The summed E-state index contributed by atoms with van der Waals surface area (Å²) in [6.07, 6.45) is 4.10. The molecule has 0 unspecified atom stereocenters. The molecule has 0 amide bonds. The maximum Gasteiger partial charge on any atom is 0.290 e. The quantitative estimate of drug-likeness (QED) is 0.563. The molecule has 158 valence electrons. The fourth-order valence-corrected chi connectivity index (χ4v) is 3.80. The van der Waals surface area contributed by atoms with Crippen LogP contribution in [0.2, 0.25) is 0 Å². The van der Waals surface area contributed by atoms with E-state index in [4.69, 9.17) is 9.90 Å². The number of aromatic nitrogens is 3. The van der Waals surface area contributed by atoms with Crippen LogP contribution >= 0.6 is 0 Å². The Hall–Kier alpha value is -3.30. The number of halogens is 1. The standard InChI is InChI=1S/C20H21FN4O2.CH2O2/c1-24-10-15(9-16(24)11-26)25-12-23-18(13-4-6-14(21)7-5-13)19(25)17-3-2-8-22-20(17)27;2-1-3/h2-8,12,15-16,26H,9-11H2,1H3,(H,22,27);1H,(H,2,3)/t15-,16+;/m1./s1. The van der Waals surface area contributed by atoms with E-state index < -0.39 is 0 Å². The molecule has 4 rings (SSSR count). The number of hydrogen-bond donors (Lipinski definition) is 3. The van der Waals surface area contributed by atoms with Crippen LogP contribution in [0, 0.1) is 5.82 Å². The summed E-state index contributed by atoms with van der Waals surface area (Å²) >= 11 is 0. The van der Waals surface area contributed by atoms with E-state index in [2.05, 4.69) is 14.9 Å². The van der Waals surface area contributed by atoms with Gasteiger partial charge < -0.3 is 19.8 Å². The number of rotatable bonds is 4. The van der Waals surface area contributed by atoms with Crippen molar-refractivity contribution in [1.29, 1.82) is 0 Å². The van der Waals surface area contributed by atoms with Gasteiger partial charge in [0.15, 0.2) is 0 Å². The summed E-state index contributed by atoms with van der Waals surface area (Å²) in [4.78, 5) is 30.2. The van der Waals surface area contributed by atoms with Gasteiger partial charge in [-0.25, -0.2) is 9.37 Å². The third kappa shape index (κ3) is 4.32. The third-order valence-corrected chi connectivity index (χ3v) is 5.26. The molecule has 1 fully saturated rings. The lowest BCUT2D eigenvalue weighted by Crippen LogP contribution is -2.27. The summed E-state index contributed by atoms with van der Waals surface area (Å²) in [6.45, 7) is 0.593. The second kappa shape index (κ2) is 9.47. The lowest BCUT2D eigenvalue weighted by Gasteiger charge is -2.16. The van der Waals surface area contributed by atoms with Gasteiger partial charge in [0.25, 0.3) is 12.0 Å². The fraction of sp³-hybridized carbons (Fsp3) is 0.286. The minimum absolute atomic E-state index is 0.0774. The van der Waals surface area contributed by atoms with Crippen LogP contribution in [-0.2, 0) is 4.79 Å². The normalized spacial score (nSPS) is 18.6. The molecule has 1 aliphatic heterocycles. The summed E-state index contributed by atoms with van der Waals surface area (Å²) in [5.74, 6) is -0.319. The van der Waals surface area contributed by atoms with Crippen molar-refractivity contribution in [3.05, 3.63) is 65.1 Å². The van der Waals surface area contributed by atoms with E-state index in [0.717, 1.165) is 18.5 Å². The van der Waals surface area contributed by atoms with Crippen LogP contribution in [0.15, 0.2) is 53.7 Å². The molecule has 2 aromatic heterocycles. The summed E-state index contributed by atoms with van der Waals surface area (Å²) in [7, 11) is 1.98. The Morgan fingerprint density at radius 2 is 2.00 bits per heavy atom. The van der Waals surface area contributed by atoms with Gasteiger partial charge >= 0.3 is 0 Å². The molecule has 0 bridgehead atoms. The fourth-order valence-electron chi connectivity index (χ4n) is 3.80. The van der Waals surface area contributed by atoms with Crippen molar-refractivity contribution >= 4 is 6.47 Å². The number of nitrogens with zero attached hydrogens (tertiary/aromatic N) is 3. The Labute approximate surface area is 172 Å². The number of aliphatic hydroxyl groups is 1. The van der Waals surface area contributed by atoms with Crippen molar-refractivity contribution in [2.45, 2.75) is 18.5 Å². The maximum atomic E-state index is 13.4. The van der Waals surface area contributed by atoms with Crippen LogP contribution in [0.25, 0.3) is 22.5 Å². The van der Waals surface area contributed by atoms with Gasteiger partial charge in [0, 0.05) is 30.4 Å². The molecule has 0 saturated carbocycles. The number of aliphatic hydroxyl groups excluding tert-OH is 1. The highest BCUT2D eigenvalue weighted by atomic mass is 19.1. The monoisotopic (exact) mass is 414 g/mol. The molecule has 0 aliphatic carbocycles. The minimum Gasteiger partial charge on any atom is -0.483 e. The molecule has 3 heterocycles. The van der Waals surface area contributed by atoms with Crippen molar-refractivity contribution in [2.75, 3.05) is 20.2 Å². The van der Waals surface area contributed by atoms with Crippen molar-refractivity contribution in [2.24, 2.45) is 0 Å². The van der Waals surface area contributed by atoms with Gasteiger partial charge in [0.05, 0.1) is 29.9 Å². The Balaban J connectivity index is 0.000000806. The number of carboxylic acid groups (broad SMARTS) is 1. The van der Waals surface area contributed by atoms with Gasteiger partial charge in [-0.1, -0.05) is 0 Å². The molecule has 3 aromatic rings. The predicted octanol–water partition coefficient (Wildman–Crippen LogP) is 1.98. The van der Waals surface area contributed by atoms with Crippen molar-refractivity contribution in [3.8, 4) is 22.5 Å². The number of carbonyl (C=O) groups is 1. The molecular weight excluding hydrogens is 391 g/mol. The number of hydrogen-bond acceptors (Lipinski definition) is 5. The number of pyridine rings is 1. The highest BCUT2D eigenvalue weighted by molar-refractivity contribution is 5.78. The van der Waals surface area contributed by atoms with Crippen molar-refractivity contribution in [1.82, 2.24) is 19.4 Å². The van der Waals surface area contributed by atoms with Gasteiger partial charge in [0.2, 0.25) is 0 Å². The molecule has 2 atom stereocenters. The van der Waals surface area contributed by atoms with Crippen molar-refractivity contribution < 1.29 is 19.4 Å². The topological polar surface area (TPSA) is 111 Å². The average molecular weight is 414 g/mol. The number of likely N-dealkylation sites (N-methyl/N-ethyl adjacent to an activating group) is 1. The first kappa shape index (κ1) is 21.4. The molecule has 30 heavy (non-hydrogen) atoms. The second-order valence-corrected chi connectivity index (χ2v) is 7.04. The summed E-state index contributed by atoms with van der Waals surface area (Å²) in [5, 5.41) is 16.5. The number of likely N-dealkylation sites (tertiary alicyclic amines) is 1. The number of imidazole rings is 1. The molecule has 0 spiro atoms. The zero-order valence-corrected chi connectivity index (χ0v) is 16.4. The second-order valence-electron chi connectivity index (χ2n) is 7.04.